The van der Waals surface area contributed by atoms with E-state index < -0.39 is 5.82 Å². The Bertz CT molecular complexity index is 384. The molecule has 0 aliphatic carbocycles. The van der Waals surface area contributed by atoms with Crippen LogP contribution in [0.25, 0.3) is 0 Å². The average Bonchev–Trinajstić information content (AvgIpc) is 2.28. The molecule has 2 nitrogen and oxygen atoms in total. The van der Waals surface area contributed by atoms with Crippen LogP contribution in [0.5, 0.6) is 5.75 Å². The molecule has 1 N–H and O–H groups in total. The second-order valence-corrected chi connectivity index (χ2v) is 5.09. The van der Waals surface area contributed by atoms with Gasteiger partial charge in [0.25, 0.3) is 0 Å². The highest BCUT2D eigenvalue weighted by molar-refractivity contribution is 5.28. The molecular formula is C14H20FNO. The van der Waals surface area contributed by atoms with E-state index in [9.17, 15) is 4.39 Å². The number of halogens is 1. The highest BCUT2D eigenvalue weighted by atomic mass is 19.1. The number of nitrogens with zero attached hydrogens (tertiary/aromatic N) is 1. The molecule has 1 aliphatic rings. The van der Waals surface area contributed by atoms with E-state index in [4.69, 9.17) is 5.11 Å². The van der Waals surface area contributed by atoms with Crippen LogP contribution < -0.4 is 0 Å². The van der Waals surface area contributed by atoms with Gasteiger partial charge in [-0.15, -0.1) is 0 Å². The van der Waals surface area contributed by atoms with E-state index in [1.54, 1.807) is 6.07 Å². The molecule has 0 unspecified atom stereocenters. The molecule has 0 amide bonds. The lowest BCUT2D eigenvalue weighted by Crippen LogP contribution is -2.42. The van der Waals surface area contributed by atoms with Gasteiger partial charge in [0.2, 0.25) is 0 Å². The van der Waals surface area contributed by atoms with Crippen molar-refractivity contribution in [2.45, 2.75) is 51.7 Å². The minimum Gasteiger partial charge on any atom is -0.505 e. The molecule has 1 heterocycles. The fraction of sp³-hybridized carbons (Fsp3) is 0.571. The van der Waals surface area contributed by atoms with Gasteiger partial charge in [0.15, 0.2) is 11.6 Å². The van der Waals surface area contributed by atoms with Gasteiger partial charge in [-0.2, -0.15) is 0 Å². The van der Waals surface area contributed by atoms with Crippen molar-refractivity contribution in [3.63, 3.8) is 0 Å². The van der Waals surface area contributed by atoms with Crippen LogP contribution in [0, 0.1) is 5.82 Å². The predicted molar refractivity (Wildman–Crippen MR) is 66.4 cm³/mol. The second kappa shape index (κ2) is 5.05. The molecule has 1 aliphatic heterocycles. The molecule has 1 aromatic rings. The Morgan fingerprint density at radius 1 is 1.29 bits per heavy atom. The van der Waals surface area contributed by atoms with Gasteiger partial charge in [-0.1, -0.05) is 12.5 Å². The van der Waals surface area contributed by atoms with Crippen molar-refractivity contribution in [1.29, 1.82) is 0 Å². The molecule has 1 fully saturated rings. The molecule has 2 rings (SSSR count). The Hall–Kier alpha value is -1.09. The third-order valence-corrected chi connectivity index (χ3v) is 3.75. The summed E-state index contributed by atoms with van der Waals surface area (Å²) < 4.78 is 13.3. The van der Waals surface area contributed by atoms with Crippen molar-refractivity contribution in [3.8, 4) is 5.75 Å². The lowest BCUT2D eigenvalue weighted by Gasteiger charge is -2.39. The molecule has 3 heteroatoms. The van der Waals surface area contributed by atoms with Crippen LogP contribution in [0.4, 0.5) is 4.39 Å². The van der Waals surface area contributed by atoms with Crippen molar-refractivity contribution in [1.82, 2.24) is 4.90 Å². The Kier molecular flexibility index (Phi) is 3.67. The molecule has 0 aromatic heterocycles. The van der Waals surface area contributed by atoms with Crippen molar-refractivity contribution < 1.29 is 9.50 Å². The van der Waals surface area contributed by atoms with Crippen molar-refractivity contribution in [2.24, 2.45) is 0 Å². The Labute approximate surface area is 102 Å². The number of aromatic hydroxyl groups is 1. The van der Waals surface area contributed by atoms with Gasteiger partial charge in [0.1, 0.15) is 0 Å². The van der Waals surface area contributed by atoms with Crippen LogP contribution in [0.3, 0.4) is 0 Å². The van der Waals surface area contributed by atoms with Crippen LogP contribution in [0.2, 0.25) is 0 Å². The first-order chi connectivity index (χ1) is 8.08. The first-order valence-corrected chi connectivity index (χ1v) is 6.31. The van der Waals surface area contributed by atoms with Gasteiger partial charge in [0, 0.05) is 18.6 Å². The summed E-state index contributed by atoms with van der Waals surface area (Å²) in [4.78, 5) is 2.41. The van der Waals surface area contributed by atoms with E-state index in [1.165, 1.54) is 31.4 Å². The summed E-state index contributed by atoms with van der Waals surface area (Å²) in [7, 11) is 0. The summed E-state index contributed by atoms with van der Waals surface area (Å²) in [5.41, 5.74) is 0.931. The van der Waals surface area contributed by atoms with E-state index in [1.807, 2.05) is 0 Å². The van der Waals surface area contributed by atoms with Crippen molar-refractivity contribution >= 4 is 0 Å². The fourth-order valence-electron chi connectivity index (χ4n) is 2.65. The summed E-state index contributed by atoms with van der Waals surface area (Å²) in [6, 6.07) is 5.77. The first kappa shape index (κ1) is 12.4. The van der Waals surface area contributed by atoms with E-state index in [-0.39, 0.29) is 5.75 Å². The summed E-state index contributed by atoms with van der Waals surface area (Å²) in [6.07, 6.45) is 3.71. The maximum absolute atomic E-state index is 13.3. The maximum atomic E-state index is 13.3. The number of phenolic OH excluding ortho intramolecular Hbond substituents is 1. The topological polar surface area (TPSA) is 23.5 Å². The summed E-state index contributed by atoms with van der Waals surface area (Å²) in [6.45, 7) is 5.22. The van der Waals surface area contributed by atoms with Gasteiger partial charge in [-0.3, -0.25) is 4.90 Å². The first-order valence-electron chi connectivity index (χ1n) is 6.31. The molecular weight excluding hydrogens is 217 g/mol. The van der Waals surface area contributed by atoms with E-state index in [2.05, 4.69) is 18.7 Å². The zero-order valence-corrected chi connectivity index (χ0v) is 10.5. The number of likely N-dealkylation sites (tertiary alicyclic amines) is 1. The number of hydrogen-bond donors (Lipinski definition) is 1. The maximum Gasteiger partial charge on any atom is 0.165 e. The third kappa shape index (κ3) is 2.78. The van der Waals surface area contributed by atoms with Gasteiger partial charge in [0.05, 0.1) is 0 Å². The Morgan fingerprint density at radius 3 is 2.53 bits per heavy atom. The number of phenols is 1. The third-order valence-electron chi connectivity index (χ3n) is 3.75. The number of hydrogen-bond acceptors (Lipinski definition) is 2. The fourth-order valence-corrected chi connectivity index (χ4v) is 2.65. The van der Waals surface area contributed by atoms with Gasteiger partial charge in [-0.05, 0) is 44.4 Å². The van der Waals surface area contributed by atoms with Gasteiger partial charge < -0.3 is 5.11 Å². The van der Waals surface area contributed by atoms with E-state index in [0.717, 1.165) is 12.1 Å². The lowest BCUT2D eigenvalue weighted by molar-refractivity contribution is 0.0951. The normalized spacial score (nSPS) is 26.1. The second-order valence-electron chi connectivity index (χ2n) is 5.09. The molecule has 2 atom stereocenters. The Morgan fingerprint density at radius 2 is 1.94 bits per heavy atom. The zero-order chi connectivity index (χ0) is 12.4. The quantitative estimate of drug-likeness (QED) is 0.853. The summed E-state index contributed by atoms with van der Waals surface area (Å²) >= 11 is 0. The summed E-state index contributed by atoms with van der Waals surface area (Å²) in [5, 5.41) is 9.16. The highest BCUT2D eigenvalue weighted by Gasteiger charge is 2.24. The molecule has 94 valence electrons. The van der Waals surface area contributed by atoms with Crippen molar-refractivity contribution in [2.75, 3.05) is 0 Å². The van der Waals surface area contributed by atoms with Crippen LogP contribution in [-0.4, -0.2) is 22.1 Å². The van der Waals surface area contributed by atoms with E-state index >= 15 is 0 Å². The lowest BCUT2D eigenvalue weighted by atomic mass is 9.97. The average molecular weight is 237 g/mol. The number of benzene rings is 1. The Balaban J connectivity index is 2.10. The monoisotopic (exact) mass is 237 g/mol. The summed E-state index contributed by atoms with van der Waals surface area (Å²) in [5.74, 6) is -0.798. The standard InChI is InChI=1S/C14H20FNO/c1-10-4-3-5-11(2)16(10)9-12-6-7-14(17)13(15)8-12/h6-8,10-11,17H,3-5,9H2,1-2H3/t10-,11+. The molecule has 17 heavy (non-hydrogen) atoms. The minimum absolute atomic E-state index is 0.270. The van der Waals surface area contributed by atoms with Crippen LogP contribution in [0.15, 0.2) is 18.2 Å². The predicted octanol–water partition coefficient (Wildman–Crippen LogP) is 3.29. The molecule has 1 aromatic carbocycles. The molecule has 0 saturated carbocycles. The molecule has 0 spiro atoms. The molecule has 0 bridgehead atoms. The van der Waals surface area contributed by atoms with Gasteiger partial charge >= 0.3 is 0 Å². The number of piperidine rings is 1. The minimum atomic E-state index is -0.528. The van der Waals surface area contributed by atoms with Gasteiger partial charge in [-0.25, -0.2) is 4.39 Å². The largest absolute Gasteiger partial charge is 0.505 e. The number of rotatable bonds is 2. The molecule has 0 radical (unpaired) electrons. The van der Waals surface area contributed by atoms with Crippen molar-refractivity contribution in [3.05, 3.63) is 29.6 Å². The SMILES string of the molecule is C[C@@H]1CCC[C@H](C)N1Cc1ccc(O)c(F)c1. The van der Waals surface area contributed by atoms with Crippen LogP contribution in [-0.2, 0) is 6.54 Å². The smallest absolute Gasteiger partial charge is 0.165 e. The zero-order valence-electron chi connectivity index (χ0n) is 10.5. The molecule has 1 saturated heterocycles. The van der Waals surface area contributed by atoms with Crippen LogP contribution in [0.1, 0.15) is 38.7 Å². The van der Waals surface area contributed by atoms with E-state index in [0.29, 0.717) is 12.1 Å². The van der Waals surface area contributed by atoms with Crippen LogP contribution >= 0.6 is 0 Å². The highest BCUT2D eigenvalue weighted by Crippen LogP contribution is 2.25.